The van der Waals surface area contributed by atoms with Gasteiger partial charge in [0.05, 0.1) is 0 Å². The SMILES string of the molecule is CSCCC(C)N(C)C1(CN)CCCCC1C. The average Bonchev–Trinajstić information content (AvgIpc) is 2.36. The van der Waals surface area contributed by atoms with Crippen LogP contribution in [0.4, 0.5) is 0 Å². The van der Waals surface area contributed by atoms with Crippen molar-refractivity contribution in [1.29, 1.82) is 0 Å². The molecule has 0 aromatic heterocycles. The highest BCUT2D eigenvalue weighted by Gasteiger charge is 2.41. The molecule has 3 heteroatoms. The molecular weight excluding hydrogens is 228 g/mol. The van der Waals surface area contributed by atoms with E-state index in [0.717, 1.165) is 12.5 Å². The van der Waals surface area contributed by atoms with Gasteiger partial charge >= 0.3 is 0 Å². The molecule has 1 aliphatic rings. The fourth-order valence-corrected chi connectivity index (χ4v) is 3.87. The van der Waals surface area contributed by atoms with Crippen molar-refractivity contribution in [3.8, 4) is 0 Å². The quantitative estimate of drug-likeness (QED) is 0.794. The molecule has 1 saturated carbocycles. The van der Waals surface area contributed by atoms with Crippen LogP contribution in [0, 0.1) is 5.92 Å². The van der Waals surface area contributed by atoms with Crippen LogP contribution in [0.25, 0.3) is 0 Å². The third kappa shape index (κ3) is 3.39. The molecule has 102 valence electrons. The number of thioether (sulfide) groups is 1. The molecule has 0 spiro atoms. The van der Waals surface area contributed by atoms with Crippen molar-refractivity contribution in [2.45, 2.75) is 57.5 Å². The molecule has 0 radical (unpaired) electrons. The number of nitrogens with two attached hydrogens (primary N) is 1. The van der Waals surface area contributed by atoms with Crippen LogP contribution in [-0.4, -0.2) is 42.1 Å². The minimum Gasteiger partial charge on any atom is -0.329 e. The molecule has 1 aliphatic carbocycles. The second-order valence-corrected chi connectivity index (χ2v) is 6.68. The lowest BCUT2D eigenvalue weighted by Gasteiger charge is -2.51. The summed E-state index contributed by atoms with van der Waals surface area (Å²) in [5, 5.41) is 0. The van der Waals surface area contributed by atoms with Crippen LogP contribution in [0.15, 0.2) is 0 Å². The van der Waals surface area contributed by atoms with Gasteiger partial charge in [0.25, 0.3) is 0 Å². The first-order valence-electron chi connectivity index (χ1n) is 7.00. The van der Waals surface area contributed by atoms with Gasteiger partial charge in [0.2, 0.25) is 0 Å². The Morgan fingerprint density at radius 2 is 2.18 bits per heavy atom. The van der Waals surface area contributed by atoms with E-state index in [4.69, 9.17) is 5.73 Å². The van der Waals surface area contributed by atoms with Gasteiger partial charge in [0.15, 0.2) is 0 Å². The van der Waals surface area contributed by atoms with Gasteiger partial charge in [-0.25, -0.2) is 0 Å². The Morgan fingerprint density at radius 3 is 2.71 bits per heavy atom. The monoisotopic (exact) mass is 258 g/mol. The highest BCUT2D eigenvalue weighted by atomic mass is 32.2. The second kappa shape index (κ2) is 7.01. The van der Waals surface area contributed by atoms with E-state index >= 15 is 0 Å². The first-order chi connectivity index (χ1) is 8.08. The second-order valence-electron chi connectivity index (χ2n) is 5.70. The molecule has 1 fully saturated rings. The van der Waals surface area contributed by atoms with Crippen molar-refractivity contribution in [3.05, 3.63) is 0 Å². The van der Waals surface area contributed by atoms with Gasteiger partial charge in [-0.15, -0.1) is 0 Å². The average molecular weight is 258 g/mol. The lowest BCUT2D eigenvalue weighted by atomic mass is 9.72. The molecule has 0 saturated heterocycles. The largest absolute Gasteiger partial charge is 0.329 e. The van der Waals surface area contributed by atoms with Crippen molar-refractivity contribution < 1.29 is 0 Å². The molecule has 0 bridgehead atoms. The third-order valence-corrected chi connectivity index (χ3v) is 5.51. The Bertz CT molecular complexity index is 222. The Hall–Kier alpha value is 0.270. The van der Waals surface area contributed by atoms with E-state index in [1.807, 2.05) is 11.8 Å². The van der Waals surface area contributed by atoms with Gasteiger partial charge in [-0.2, -0.15) is 11.8 Å². The zero-order chi connectivity index (χ0) is 12.9. The van der Waals surface area contributed by atoms with Crippen LogP contribution >= 0.6 is 11.8 Å². The maximum atomic E-state index is 6.15. The van der Waals surface area contributed by atoms with Crippen LogP contribution in [0.2, 0.25) is 0 Å². The van der Waals surface area contributed by atoms with Crippen molar-refractivity contribution in [3.63, 3.8) is 0 Å². The predicted octanol–water partition coefficient (Wildman–Crippen LogP) is 2.97. The minimum atomic E-state index is 0.260. The summed E-state index contributed by atoms with van der Waals surface area (Å²) in [4.78, 5) is 2.59. The Labute approximate surface area is 112 Å². The Morgan fingerprint density at radius 1 is 1.47 bits per heavy atom. The topological polar surface area (TPSA) is 29.3 Å². The summed E-state index contributed by atoms with van der Waals surface area (Å²) < 4.78 is 0. The van der Waals surface area contributed by atoms with Gasteiger partial charge in [0, 0.05) is 18.1 Å². The molecule has 0 aromatic rings. The molecular formula is C14H30N2S. The molecule has 0 aliphatic heterocycles. The van der Waals surface area contributed by atoms with E-state index < -0.39 is 0 Å². The first kappa shape index (κ1) is 15.3. The summed E-state index contributed by atoms with van der Waals surface area (Å²) in [6.45, 7) is 5.56. The van der Waals surface area contributed by atoms with Gasteiger partial charge in [-0.1, -0.05) is 19.8 Å². The first-order valence-corrected chi connectivity index (χ1v) is 8.40. The van der Waals surface area contributed by atoms with Gasteiger partial charge < -0.3 is 5.73 Å². The zero-order valence-corrected chi connectivity index (χ0v) is 12.9. The zero-order valence-electron chi connectivity index (χ0n) is 12.0. The summed E-state index contributed by atoms with van der Waals surface area (Å²) in [7, 11) is 2.29. The van der Waals surface area contributed by atoms with Gasteiger partial charge in [-0.3, -0.25) is 4.90 Å². The van der Waals surface area contributed by atoms with E-state index in [-0.39, 0.29) is 5.54 Å². The predicted molar refractivity (Wildman–Crippen MR) is 79.6 cm³/mol. The fourth-order valence-electron chi connectivity index (χ4n) is 3.29. The number of rotatable bonds is 6. The standard InChI is InChI=1S/C14H30N2S/c1-12-7-5-6-9-14(12,11-15)16(3)13(2)8-10-17-4/h12-13H,5-11,15H2,1-4H3. The summed E-state index contributed by atoms with van der Waals surface area (Å²) in [6.07, 6.45) is 8.82. The molecule has 2 N–H and O–H groups in total. The van der Waals surface area contributed by atoms with Crippen LogP contribution in [0.1, 0.15) is 46.0 Å². The maximum Gasteiger partial charge on any atom is 0.0356 e. The maximum absolute atomic E-state index is 6.15. The third-order valence-electron chi connectivity index (χ3n) is 4.87. The van der Waals surface area contributed by atoms with Crippen LogP contribution in [0.3, 0.4) is 0 Å². The number of likely N-dealkylation sites (N-methyl/N-ethyl adjacent to an activating group) is 1. The molecule has 0 aromatic carbocycles. The van der Waals surface area contributed by atoms with E-state index in [9.17, 15) is 0 Å². The minimum absolute atomic E-state index is 0.260. The molecule has 0 heterocycles. The molecule has 17 heavy (non-hydrogen) atoms. The van der Waals surface area contributed by atoms with Gasteiger partial charge in [-0.05, 0) is 51.2 Å². The molecule has 3 unspecified atom stereocenters. The summed E-state index contributed by atoms with van der Waals surface area (Å²) in [5.74, 6) is 1.99. The van der Waals surface area contributed by atoms with Gasteiger partial charge in [0.1, 0.15) is 0 Å². The normalized spacial score (nSPS) is 31.8. The number of hydrogen-bond acceptors (Lipinski definition) is 3. The van der Waals surface area contributed by atoms with Crippen LogP contribution < -0.4 is 5.73 Å². The van der Waals surface area contributed by atoms with E-state index in [1.54, 1.807) is 0 Å². The van der Waals surface area contributed by atoms with Crippen molar-refractivity contribution >= 4 is 11.8 Å². The van der Waals surface area contributed by atoms with Crippen molar-refractivity contribution in [2.24, 2.45) is 11.7 Å². The lowest BCUT2D eigenvalue weighted by molar-refractivity contribution is 0.00660. The molecule has 3 atom stereocenters. The molecule has 1 rings (SSSR count). The highest BCUT2D eigenvalue weighted by molar-refractivity contribution is 7.98. The Balaban J connectivity index is 2.69. The summed E-state index contributed by atoms with van der Waals surface area (Å²) in [6, 6.07) is 0.645. The summed E-state index contributed by atoms with van der Waals surface area (Å²) in [5.41, 5.74) is 6.41. The summed E-state index contributed by atoms with van der Waals surface area (Å²) >= 11 is 1.94. The fraction of sp³-hybridized carbons (Fsp3) is 1.00. The van der Waals surface area contributed by atoms with Crippen LogP contribution in [0.5, 0.6) is 0 Å². The lowest BCUT2D eigenvalue weighted by Crippen LogP contribution is -2.60. The highest BCUT2D eigenvalue weighted by Crippen LogP contribution is 2.38. The van der Waals surface area contributed by atoms with Crippen molar-refractivity contribution in [2.75, 3.05) is 25.6 Å². The number of hydrogen-bond donors (Lipinski definition) is 1. The van der Waals surface area contributed by atoms with E-state index in [2.05, 4.69) is 32.1 Å². The van der Waals surface area contributed by atoms with Crippen molar-refractivity contribution in [1.82, 2.24) is 4.90 Å². The Kier molecular flexibility index (Phi) is 6.32. The molecule has 2 nitrogen and oxygen atoms in total. The number of nitrogens with zero attached hydrogens (tertiary/aromatic N) is 1. The smallest absolute Gasteiger partial charge is 0.0356 e. The molecule has 0 amide bonds. The van der Waals surface area contributed by atoms with E-state index in [0.29, 0.717) is 6.04 Å². The van der Waals surface area contributed by atoms with E-state index in [1.165, 1.54) is 37.9 Å². The van der Waals surface area contributed by atoms with Crippen LogP contribution in [-0.2, 0) is 0 Å².